The molecule has 0 fully saturated rings. The highest BCUT2D eigenvalue weighted by Crippen LogP contribution is 2.11. The summed E-state index contributed by atoms with van der Waals surface area (Å²) in [6.07, 6.45) is 0.699. The summed E-state index contributed by atoms with van der Waals surface area (Å²) < 4.78 is 12.0. The Labute approximate surface area is 85.4 Å². The lowest BCUT2D eigenvalue weighted by Gasteiger charge is -2.19. The van der Waals surface area contributed by atoms with E-state index in [4.69, 9.17) is 10.8 Å². The molecule has 80 valence electrons. The van der Waals surface area contributed by atoms with Gasteiger partial charge in [-0.15, -0.1) is 0 Å². The van der Waals surface area contributed by atoms with Gasteiger partial charge in [0.05, 0.1) is 0 Å². The molecule has 14 heavy (non-hydrogen) atoms. The summed E-state index contributed by atoms with van der Waals surface area (Å²) in [5.41, 5.74) is 6.24. The normalized spacial score (nSPS) is 15.1. The van der Waals surface area contributed by atoms with E-state index in [1.807, 2.05) is 30.3 Å². The van der Waals surface area contributed by atoms with Crippen LogP contribution in [0.25, 0.3) is 0 Å². The molecular formula is C10H17NO2S. The molecule has 1 atom stereocenters. The second-order valence-electron chi connectivity index (χ2n) is 3.69. The van der Waals surface area contributed by atoms with Gasteiger partial charge in [-0.25, -0.2) is 0 Å². The quantitative estimate of drug-likeness (QED) is 0.493. The summed E-state index contributed by atoms with van der Waals surface area (Å²) in [7, 11) is -2.35. The smallest absolute Gasteiger partial charge is 0.112 e. The first kappa shape index (κ1) is 11.4. The highest BCUT2D eigenvalue weighted by molar-refractivity contribution is 8.01. The van der Waals surface area contributed by atoms with Crippen LogP contribution in [0.15, 0.2) is 30.3 Å². The van der Waals surface area contributed by atoms with Crippen molar-refractivity contribution < 1.29 is 9.32 Å². The fourth-order valence-corrected chi connectivity index (χ4v) is 3.33. The number of rotatable bonds is 4. The van der Waals surface area contributed by atoms with Gasteiger partial charge in [-0.2, -0.15) is 0 Å². The number of hydrogen-bond donors (Lipinski definition) is 3. The molecule has 0 amide bonds. The third-order valence-corrected chi connectivity index (χ3v) is 4.11. The fraction of sp³-hybridized carbons (Fsp3) is 0.400. The van der Waals surface area contributed by atoms with Crippen molar-refractivity contribution in [2.24, 2.45) is 5.73 Å². The summed E-state index contributed by atoms with van der Waals surface area (Å²) in [6.45, 7) is 0. The molecule has 0 unspecified atom stereocenters. The van der Waals surface area contributed by atoms with E-state index in [1.54, 1.807) is 6.26 Å². The summed E-state index contributed by atoms with van der Waals surface area (Å²) >= 11 is 0. The lowest BCUT2D eigenvalue weighted by atomic mass is 10.2. The van der Waals surface area contributed by atoms with E-state index in [2.05, 4.69) is 0 Å². The maximum absolute atomic E-state index is 12.0. The maximum Gasteiger partial charge on any atom is 0.112 e. The second-order valence-corrected chi connectivity index (χ2v) is 6.97. The molecule has 0 aliphatic rings. The van der Waals surface area contributed by atoms with Crippen molar-refractivity contribution in [1.82, 2.24) is 0 Å². The van der Waals surface area contributed by atoms with Crippen molar-refractivity contribution in [2.75, 3.05) is 12.0 Å². The van der Waals surface area contributed by atoms with E-state index in [0.717, 1.165) is 5.56 Å². The van der Waals surface area contributed by atoms with Gasteiger partial charge in [0.15, 0.2) is 0 Å². The largest absolute Gasteiger partial charge is 0.378 e. The standard InChI is InChI=1S/C10H17NO2S/c1-14(13,8-10(11)12)7-9-5-3-2-4-6-9/h2-6,10,12,14H,7-8,11H2,1H3/t10-/m1/s1. The molecule has 1 rings (SSSR count). The topological polar surface area (TPSA) is 63.3 Å². The van der Waals surface area contributed by atoms with Crippen LogP contribution in [0.2, 0.25) is 0 Å². The van der Waals surface area contributed by atoms with E-state index in [1.165, 1.54) is 0 Å². The molecule has 0 heterocycles. The second kappa shape index (κ2) is 4.68. The monoisotopic (exact) mass is 215 g/mol. The van der Waals surface area contributed by atoms with Gasteiger partial charge in [0.1, 0.15) is 6.23 Å². The van der Waals surface area contributed by atoms with Crippen LogP contribution in [-0.2, 0) is 15.7 Å². The molecule has 0 aliphatic carbocycles. The van der Waals surface area contributed by atoms with Crippen LogP contribution in [0.1, 0.15) is 5.56 Å². The van der Waals surface area contributed by atoms with Crippen molar-refractivity contribution in [3.8, 4) is 0 Å². The van der Waals surface area contributed by atoms with Crippen molar-refractivity contribution in [1.29, 1.82) is 0 Å². The average Bonchev–Trinajstić information content (AvgIpc) is 2.02. The molecule has 0 aromatic heterocycles. The van der Waals surface area contributed by atoms with Crippen molar-refractivity contribution in [3.63, 3.8) is 0 Å². The predicted octanol–water partition coefficient (Wildman–Crippen LogP) is 0.110. The lowest BCUT2D eigenvalue weighted by molar-refractivity contribution is 0.206. The van der Waals surface area contributed by atoms with Gasteiger partial charge in [-0.1, -0.05) is 40.3 Å². The number of nitrogens with two attached hydrogens (primary N) is 1. The van der Waals surface area contributed by atoms with Crippen LogP contribution in [0.4, 0.5) is 0 Å². The van der Waals surface area contributed by atoms with E-state index < -0.39 is 16.2 Å². The van der Waals surface area contributed by atoms with Gasteiger partial charge < -0.3 is 10.8 Å². The Morgan fingerprint density at radius 2 is 2.00 bits per heavy atom. The molecule has 1 aromatic rings. The van der Waals surface area contributed by atoms with Crippen LogP contribution in [0.5, 0.6) is 0 Å². The van der Waals surface area contributed by atoms with Gasteiger partial charge in [-0.3, -0.25) is 4.21 Å². The highest BCUT2D eigenvalue weighted by atomic mass is 32.2. The molecule has 0 radical (unpaired) electrons. The number of benzene rings is 1. The minimum atomic E-state index is -2.35. The van der Waals surface area contributed by atoms with E-state index in [9.17, 15) is 4.21 Å². The van der Waals surface area contributed by atoms with E-state index in [-0.39, 0.29) is 5.75 Å². The molecule has 0 aliphatic heterocycles. The molecule has 0 bridgehead atoms. The van der Waals surface area contributed by atoms with Crippen molar-refractivity contribution in [3.05, 3.63) is 35.9 Å². The van der Waals surface area contributed by atoms with Crippen molar-refractivity contribution in [2.45, 2.75) is 12.0 Å². The molecular weight excluding hydrogens is 198 g/mol. The zero-order valence-corrected chi connectivity index (χ0v) is 9.15. The third-order valence-electron chi connectivity index (χ3n) is 1.93. The SMILES string of the molecule is C[SH](=O)(Cc1ccccc1)C[C@H](N)O. The third kappa shape index (κ3) is 4.00. The van der Waals surface area contributed by atoms with Gasteiger partial charge >= 0.3 is 0 Å². The number of hydrogen-bond acceptors (Lipinski definition) is 3. The van der Waals surface area contributed by atoms with Crippen molar-refractivity contribution >= 4 is 9.93 Å². The van der Waals surface area contributed by atoms with Crippen LogP contribution < -0.4 is 5.73 Å². The zero-order chi connectivity index (χ0) is 10.6. The summed E-state index contributed by atoms with van der Waals surface area (Å²) in [5.74, 6) is 0.685. The van der Waals surface area contributed by atoms with E-state index in [0.29, 0.717) is 5.75 Å². The van der Waals surface area contributed by atoms with Gasteiger partial charge in [0.25, 0.3) is 0 Å². The van der Waals surface area contributed by atoms with Crippen LogP contribution in [0, 0.1) is 0 Å². The first-order chi connectivity index (χ1) is 6.49. The van der Waals surface area contributed by atoms with Gasteiger partial charge in [-0.05, 0) is 11.8 Å². The summed E-state index contributed by atoms with van der Waals surface area (Å²) in [5, 5.41) is 8.97. The predicted molar refractivity (Wildman–Crippen MR) is 60.7 cm³/mol. The molecule has 0 saturated heterocycles. The van der Waals surface area contributed by atoms with Gasteiger partial charge in [0, 0.05) is 11.5 Å². The lowest BCUT2D eigenvalue weighted by Crippen LogP contribution is -2.33. The average molecular weight is 215 g/mol. The Bertz CT molecular complexity index is 324. The van der Waals surface area contributed by atoms with Gasteiger partial charge in [0.2, 0.25) is 0 Å². The number of aliphatic hydroxyl groups excluding tert-OH is 1. The molecule has 1 aromatic carbocycles. The molecule has 3 N–H and O–H groups in total. The summed E-state index contributed by atoms with van der Waals surface area (Å²) in [6, 6.07) is 9.60. The number of thiol groups is 1. The Hall–Kier alpha value is -0.710. The first-order valence-corrected chi connectivity index (χ1v) is 7.05. The Kier molecular flexibility index (Phi) is 3.80. The van der Waals surface area contributed by atoms with Crippen LogP contribution in [0.3, 0.4) is 0 Å². The Morgan fingerprint density at radius 3 is 2.50 bits per heavy atom. The van der Waals surface area contributed by atoms with Crippen LogP contribution in [-0.4, -0.2) is 27.6 Å². The highest BCUT2D eigenvalue weighted by Gasteiger charge is 2.12. The molecule has 0 saturated carbocycles. The Morgan fingerprint density at radius 1 is 1.43 bits per heavy atom. The zero-order valence-electron chi connectivity index (χ0n) is 8.26. The number of aliphatic hydroxyl groups is 1. The maximum atomic E-state index is 12.0. The Balaban J connectivity index is 2.64. The molecule has 4 heteroatoms. The minimum Gasteiger partial charge on any atom is -0.378 e. The first-order valence-electron chi connectivity index (χ1n) is 4.53. The van der Waals surface area contributed by atoms with E-state index >= 15 is 0 Å². The molecule has 0 spiro atoms. The fourth-order valence-electron chi connectivity index (χ4n) is 1.43. The summed E-state index contributed by atoms with van der Waals surface area (Å²) in [4.78, 5) is 0. The molecule has 3 nitrogen and oxygen atoms in total. The minimum absolute atomic E-state index is 0.182. The van der Waals surface area contributed by atoms with Crippen LogP contribution >= 0.6 is 0 Å².